The number of halogens is 2. The maximum Gasteiger partial charge on any atom is 0.330 e. The number of nitrogens with one attached hydrogen (secondary N) is 5. The minimum atomic E-state index is -2.19. The topological polar surface area (TPSA) is 424 Å². The molecule has 0 radical (unpaired) electrons. The van der Waals surface area contributed by atoms with E-state index in [0.29, 0.717) is 11.1 Å². The van der Waals surface area contributed by atoms with Crippen LogP contribution in [-0.4, -0.2) is 100 Å². The van der Waals surface area contributed by atoms with Crippen LogP contribution in [0.5, 0.6) is 69.0 Å². The molecule has 7 aromatic rings. The minimum absolute atomic E-state index is 0.0706. The molecule has 5 aliphatic heterocycles. The van der Waals surface area contributed by atoms with Crippen LogP contribution in [-0.2, 0) is 35.2 Å². The van der Waals surface area contributed by atoms with Crippen molar-refractivity contribution < 1.29 is 88.9 Å². The fourth-order valence-corrected chi connectivity index (χ4v) is 10.3. The van der Waals surface area contributed by atoms with Gasteiger partial charge in [-0.1, -0.05) is 47.5 Å². The zero-order valence-corrected chi connectivity index (χ0v) is 45.1. The molecule has 0 fully saturated rings. The van der Waals surface area contributed by atoms with Gasteiger partial charge in [0.05, 0.1) is 28.7 Å². The average molecular weight is 1200 g/mol. The van der Waals surface area contributed by atoms with E-state index in [9.17, 15) is 60.3 Å². The number of aliphatic hydroxyl groups is 2. The zero-order valence-electron chi connectivity index (χ0n) is 43.6. The fourth-order valence-electron chi connectivity index (χ4n) is 9.86. The Morgan fingerprint density at radius 1 is 0.600 bits per heavy atom. The van der Waals surface area contributed by atoms with E-state index in [1.165, 1.54) is 54.6 Å². The van der Waals surface area contributed by atoms with Gasteiger partial charge in [0.15, 0.2) is 29.0 Å². The number of ether oxygens (including phenoxy) is 3. The number of carboxylic acids is 1. The van der Waals surface area contributed by atoms with Gasteiger partial charge in [0, 0.05) is 28.8 Å². The maximum absolute atomic E-state index is 15.6. The molecule has 0 saturated heterocycles. The van der Waals surface area contributed by atoms with Crippen molar-refractivity contribution in [1.29, 1.82) is 0 Å². The van der Waals surface area contributed by atoms with Crippen molar-refractivity contribution in [1.82, 2.24) is 26.6 Å². The largest absolute Gasteiger partial charge is 0.508 e. The Kier molecular flexibility index (Phi) is 16.0. The smallest absolute Gasteiger partial charge is 0.330 e. The van der Waals surface area contributed by atoms with Gasteiger partial charge >= 0.3 is 5.97 Å². The van der Waals surface area contributed by atoms with Crippen LogP contribution < -0.4 is 52.3 Å². The third-order valence-corrected chi connectivity index (χ3v) is 14.7. The Morgan fingerprint density at radius 3 is 1.84 bits per heavy atom. The van der Waals surface area contributed by atoms with Crippen LogP contribution in [0.4, 0.5) is 0 Å². The van der Waals surface area contributed by atoms with Crippen molar-refractivity contribution in [2.45, 2.75) is 54.8 Å². The summed E-state index contributed by atoms with van der Waals surface area (Å²) in [7, 11) is 0. The summed E-state index contributed by atoms with van der Waals surface area (Å²) in [6.45, 7) is -0.482. The van der Waals surface area contributed by atoms with Gasteiger partial charge in [-0.15, -0.1) is 0 Å². The number of aromatic hydroxyl groups is 6. The van der Waals surface area contributed by atoms with E-state index in [1.54, 1.807) is 0 Å². The molecule has 0 spiro atoms. The highest BCUT2D eigenvalue weighted by molar-refractivity contribution is 6.32. The quantitative estimate of drug-likeness (QED) is 0.106. The Morgan fingerprint density at radius 2 is 1.19 bits per heavy atom. The lowest BCUT2D eigenvalue weighted by atomic mass is 9.89. The molecule has 12 rings (SSSR count). The van der Waals surface area contributed by atoms with Crippen LogP contribution in [0.2, 0.25) is 10.0 Å². The van der Waals surface area contributed by atoms with Crippen molar-refractivity contribution in [3.63, 3.8) is 0 Å². The van der Waals surface area contributed by atoms with E-state index >= 15 is 14.4 Å². The molecular formula is C58H49Cl2N7O18. The highest BCUT2D eigenvalue weighted by atomic mass is 35.5. The van der Waals surface area contributed by atoms with E-state index in [2.05, 4.69) is 26.6 Å². The number of phenols is 6. The normalized spacial score (nSPS) is 20.9. The van der Waals surface area contributed by atoms with E-state index in [0.717, 1.165) is 60.7 Å². The summed E-state index contributed by atoms with van der Waals surface area (Å²) in [6.07, 6.45) is -2.33. The van der Waals surface area contributed by atoms with Gasteiger partial charge in [-0.2, -0.15) is 0 Å². The third-order valence-electron chi connectivity index (χ3n) is 14.1. The lowest BCUT2D eigenvalue weighted by Crippen LogP contribution is -2.55. The second kappa shape index (κ2) is 23.3. The molecule has 0 aromatic heterocycles. The van der Waals surface area contributed by atoms with Crippen molar-refractivity contribution in [2.75, 3.05) is 6.61 Å². The van der Waals surface area contributed by atoms with Crippen molar-refractivity contribution in [2.24, 2.45) is 11.5 Å². The summed E-state index contributed by atoms with van der Waals surface area (Å²) in [4.78, 5) is 88.1. The predicted molar refractivity (Wildman–Crippen MR) is 298 cm³/mol. The van der Waals surface area contributed by atoms with Crippen LogP contribution in [0.15, 0.2) is 115 Å². The lowest BCUT2D eigenvalue weighted by Gasteiger charge is -2.31. The highest BCUT2D eigenvalue weighted by Crippen LogP contribution is 2.48. The zero-order chi connectivity index (χ0) is 60.9. The second-order valence-corrected chi connectivity index (χ2v) is 20.8. The molecule has 25 nitrogen and oxygen atoms in total. The number of hydrogen-bond acceptors (Lipinski definition) is 19. The number of hydrogen-bond donors (Lipinski definition) is 16. The van der Waals surface area contributed by atoms with Crippen LogP contribution in [0.25, 0.3) is 11.1 Å². The van der Waals surface area contributed by atoms with Gasteiger partial charge < -0.3 is 98.2 Å². The molecule has 0 aliphatic carbocycles. The van der Waals surface area contributed by atoms with Gasteiger partial charge in [-0.3, -0.25) is 24.0 Å². The van der Waals surface area contributed by atoms with E-state index in [1.807, 2.05) is 0 Å². The van der Waals surface area contributed by atoms with Crippen molar-refractivity contribution >= 4 is 58.7 Å². The highest BCUT2D eigenvalue weighted by Gasteiger charge is 2.41. The molecule has 11 bridgehead atoms. The Bertz CT molecular complexity index is 3920. The Balaban J connectivity index is 1.19. The molecular weight excluding hydrogens is 1150 g/mol. The predicted octanol–water partition coefficient (Wildman–Crippen LogP) is 4.81. The summed E-state index contributed by atoms with van der Waals surface area (Å²) in [5.41, 5.74) is 10.8. The van der Waals surface area contributed by atoms with Gasteiger partial charge in [0.25, 0.3) is 0 Å². The van der Waals surface area contributed by atoms with E-state index < -0.39 is 153 Å². The van der Waals surface area contributed by atoms with E-state index in [-0.39, 0.29) is 61.7 Å². The molecule has 0 saturated carbocycles. The fraction of sp³-hybridized carbons (Fsp3) is 0.172. The number of amides is 5. The first kappa shape index (κ1) is 58.2. The average Bonchev–Trinajstić information content (AvgIpc) is 3.39. The number of phenolic OH excluding ortho intramolecular Hbond substituents is 6. The number of rotatable bonds is 6. The monoisotopic (exact) mass is 1200 g/mol. The van der Waals surface area contributed by atoms with Crippen LogP contribution in [0, 0.1) is 0 Å². The molecule has 8 atom stereocenters. The number of nitrogens with two attached hydrogens (primary N) is 2. The first-order chi connectivity index (χ1) is 40.4. The number of benzene rings is 7. The molecule has 7 aromatic carbocycles. The Labute approximate surface area is 489 Å². The molecule has 85 heavy (non-hydrogen) atoms. The summed E-state index contributed by atoms with van der Waals surface area (Å²) >= 11 is 13.5. The van der Waals surface area contributed by atoms with Gasteiger partial charge in [-0.25, -0.2) is 4.79 Å². The molecule has 18 N–H and O–H groups in total. The summed E-state index contributed by atoms with van der Waals surface area (Å²) in [5.74, 6) is -13.7. The van der Waals surface area contributed by atoms with Crippen LogP contribution in [0.1, 0.15) is 75.3 Å². The number of aliphatic hydroxyl groups excluding tert-OH is 2. The number of carboxylic acid groups (broad SMARTS) is 1. The van der Waals surface area contributed by atoms with Gasteiger partial charge in [0.1, 0.15) is 70.5 Å². The number of fused-ring (bicyclic) bond motifs is 15. The van der Waals surface area contributed by atoms with Crippen LogP contribution in [0.3, 0.4) is 0 Å². The number of aliphatic carboxylic acids is 1. The van der Waals surface area contributed by atoms with Crippen molar-refractivity contribution in [3.05, 3.63) is 164 Å². The standard InChI is InChI=1S/C58H49Cl2N7O18/c59-33-9-22-1-7-40(33)84-43-16-27-17-44(52(43)75)85-41-8-4-25(14-34(41)60)51(74)50-57(80)66-49(58(81)82)32-19-29(70)20-39(73)45(32)31-13-24(3-5-37(31)71)46(54(77)67-50)64-56(79)48(27)65-55(78)47(63-53(76)35(61)10-22)26-11-28(69)18-30(12-26)83-42-15-23(36(62)21-68)2-6-38(42)72/h1-9,11-20,35-36,46-51,68-75H,10,21,61-62H2,(H,63,76)(H,64,79)(H,65,78)(H,66,80)(H,67,77)(H,81,82)/t35-,36+,46-,47+,48-,49+,50+,51-/m1/s1. The minimum Gasteiger partial charge on any atom is -0.508 e. The first-order valence-electron chi connectivity index (χ1n) is 25.5. The SMILES string of the molecule is N[C@@H]1Cc2ccc(c(Cl)c2)Oc2cc3cc(c2O)Oc2ccc(cc2Cl)[C@@H](O)[C@@H]2NC(=O)[C@H](NC(=O)[C@@H]3NC(=O)[C@H](c3cc(O)cc(Oc4cc([C@@H](N)CO)ccc4O)c3)NC1=O)c1ccc(O)c(c1)-c1c(O)cc(O)cc1[C@@H](C(=O)O)NC2=O. The summed E-state index contributed by atoms with van der Waals surface area (Å²) < 4.78 is 18.3. The molecule has 438 valence electrons. The number of carbonyl (C=O) groups excluding carboxylic acids is 5. The molecule has 5 aliphatic rings. The molecule has 5 heterocycles. The summed E-state index contributed by atoms with van der Waals surface area (Å²) in [6, 6.07) is 9.29. The van der Waals surface area contributed by atoms with Gasteiger partial charge in [-0.05, 0) is 119 Å². The van der Waals surface area contributed by atoms with Crippen LogP contribution >= 0.6 is 23.2 Å². The molecule has 27 heteroatoms. The molecule has 5 amide bonds. The second-order valence-electron chi connectivity index (χ2n) is 20.0. The first-order valence-corrected chi connectivity index (χ1v) is 26.3. The lowest BCUT2D eigenvalue weighted by molar-refractivity contribution is -0.143. The maximum atomic E-state index is 15.6. The van der Waals surface area contributed by atoms with E-state index in [4.69, 9.17) is 48.9 Å². The molecule has 0 unspecified atom stereocenters. The summed E-state index contributed by atoms with van der Waals surface area (Å²) in [5, 5.41) is 112. The number of carbonyl (C=O) groups is 6. The Hall–Kier alpha value is -10.0. The van der Waals surface area contributed by atoms with Crippen molar-refractivity contribution in [3.8, 4) is 80.1 Å². The van der Waals surface area contributed by atoms with Gasteiger partial charge in [0.2, 0.25) is 35.3 Å². The third kappa shape index (κ3) is 11.8.